The van der Waals surface area contributed by atoms with Crippen LogP contribution in [0.5, 0.6) is 5.75 Å². The Hall–Kier alpha value is -4.10. The van der Waals surface area contributed by atoms with Crippen molar-refractivity contribution in [3.05, 3.63) is 89.2 Å². The van der Waals surface area contributed by atoms with Gasteiger partial charge in [0.2, 0.25) is 0 Å². The summed E-state index contributed by atoms with van der Waals surface area (Å²) in [6.07, 6.45) is 1.87. The Balaban J connectivity index is 1.68. The smallest absolute Gasteiger partial charge is 0.338 e. The number of hydrogen-bond donors (Lipinski definition) is 0. The molecular weight excluding hydrogens is 454 g/mol. The summed E-state index contributed by atoms with van der Waals surface area (Å²) in [5.74, 6) is 0.473. The molecule has 0 aliphatic rings. The molecule has 7 nitrogen and oxygen atoms in total. The van der Waals surface area contributed by atoms with Gasteiger partial charge >= 0.3 is 5.97 Å². The fraction of sp³-hybridized carbons (Fsp3) is 0.241. The van der Waals surface area contributed by atoms with Crippen LogP contribution >= 0.6 is 0 Å². The summed E-state index contributed by atoms with van der Waals surface area (Å²) < 4.78 is 20.3. The molecular formula is C29H29N3O4. The van der Waals surface area contributed by atoms with Crippen LogP contribution in [0.25, 0.3) is 27.9 Å². The Labute approximate surface area is 209 Å². The fourth-order valence-corrected chi connectivity index (χ4v) is 4.63. The second-order valence-electron chi connectivity index (χ2n) is 8.70. The number of nitrogens with zero attached hydrogens (tertiary/aromatic N) is 3. The number of imidazole rings is 1. The van der Waals surface area contributed by atoms with Crippen LogP contribution in [-0.2, 0) is 22.6 Å². The van der Waals surface area contributed by atoms with Gasteiger partial charge in [-0.2, -0.15) is 0 Å². The molecule has 0 bridgehead atoms. The van der Waals surface area contributed by atoms with Crippen LogP contribution in [0.2, 0.25) is 0 Å². The van der Waals surface area contributed by atoms with Gasteiger partial charge in [0, 0.05) is 36.4 Å². The number of fused-ring (bicyclic) bond motifs is 2. The number of ether oxygens (including phenoxy) is 3. The monoisotopic (exact) mass is 483 g/mol. The van der Waals surface area contributed by atoms with Gasteiger partial charge in [0.25, 0.3) is 0 Å². The SMILES string of the molecule is CCOC(=O)c1ccn2c(C)c(-c3cc4ccc(COC)cc4n3Cc3cccc(OC)c3)nc2c1. The quantitative estimate of drug-likeness (QED) is 0.267. The van der Waals surface area contributed by atoms with Crippen LogP contribution in [0.15, 0.2) is 66.9 Å². The number of carbonyl (C=O) groups is 1. The summed E-state index contributed by atoms with van der Waals surface area (Å²) in [7, 11) is 3.38. The van der Waals surface area contributed by atoms with E-state index in [9.17, 15) is 4.79 Å². The number of esters is 1. The van der Waals surface area contributed by atoms with E-state index in [2.05, 4.69) is 41.0 Å². The zero-order valence-corrected chi connectivity index (χ0v) is 20.9. The minimum atomic E-state index is -0.347. The van der Waals surface area contributed by atoms with Crippen LogP contribution in [0.3, 0.4) is 0 Å². The van der Waals surface area contributed by atoms with Gasteiger partial charge in [-0.3, -0.25) is 0 Å². The Morgan fingerprint density at radius 2 is 1.86 bits per heavy atom. The molecule has 5 aromatic rings. The van der Waals surface area contributed by atoms with Gasteiger partial charge in [-0.15, -0.1) is 0 Å². The van der Waals surface area contributed by atoms with E-state index in [0.29, 0.717) is 31.0 Å². The van der Waals surface area contributed by atoms with Crippen molar-refractivity contribution in [2.24, 2.45) is 0 Å². The van der Waals surface area contributed by atoms with Crippen molar-refractivity contribution in [1.82, 2.24) is 14.0 Å². The Morgan fingerprint density at radius 1 is 1.00 bits per heavy atom. The van der Waals surface area contributed by atoms with Gasteiger partial charge in [0.05, 0.1) is 31.6 Å². The molecule has 0 unspecified atom stereocenters. The molecule has 0 aliphatic carbocycles. The molecule has 0 saturated carbocycles. The van der Waals surface area contributed by atoms with Gasteiger partial charge in [-0.1, -0.05) is 24.3 Å². The predicted octanol–water partition coefficient (Wildman–Crippen LogP) is 5.64. The molecule has 0 atom stereocenters. The molecule has 0 fully saturated rings. The Morgan fingerprint density at radius 3 is 2.64 bits per heavy atom. The summed E-state index contributed by atoms with van der Waals surface area (Å²) in [5.41, 5.74) is 7.37. The molecule has 5 rings (SSSR count). The van der Waals surface area contributed by atoms with E-state index in [1.807, 2.05) is 29.7 Å². The topological polar surface area (TPSA) is 67.0 Å². The highest BCUT2D eigenvalue weighted by molar-refractivity contribution is 5.91. The lowest BCUT2D eigenvalue weighted by atomic mass is 10.1. The standard InChI is InChI=1S/C29H29N3O4/c1-5-36-29(33)23-11-12-31-19(2)28(30-27(31)16-23)26-15-22-10-9-21(18-34-3)14-25(22)32(26)17-20-7-6-8-24(13-20)35-4/h6-16H,5,17-18H2,1-4H3. The maximum absolute atomic E-state index is 12.3. The molecule has 3 heterocycles. The highest BCUT2D eigenvalue weighted by Gasteiger charge is 2.19. The maximum atomic E-state index is 12.3. The van der Waals surface area contributed by atoms with Crippen molar-refractivity contribution >= 4 is 22.5 Å². The van der Waals surface area contributed by atoms with Gasteiger partial charge in [-0.05, 0) is 61.4 Å². The van der Waals surface area contributed by atoms with Crippen LogP contribution in [0, 0.1) is 6.92 Å². The molecule has 2 aromatic carbocycles. The predicted molar refractivity (Wildman–Crippen MR) is 140 cm³/mol. The molecule has 0 radical (unpaired) electrons. The molecule has 0 spiro atoms. The summed E-state index contributed by atoms with van der Waals surface area (Å²) in [6.45, 7) is 5.36. The summed E-state index contributed by atoms with van der Waals surface area (Å²) in [6, 6.07) is 20.2. The number of pyridine rings is 1. The van der Waals surface area contributed by atoms with Gasteiger partial charge in [0.15, 0.2) is 0 Å². The van der Waals surface area contributed by atoms with Crippen LogP contribution in [-0.4, -0.2) is 40.7 Å². The summed E-state index contributed by atoms with van der Waals surface area (Å²) >= 11 is 0. The van der Waals surface area contributed by atoms with Crippen molar-refractivity contribution in [3.8, 4) is 17.1 Å². The lowest BCUT2D eigenvalue weighted by Crippen LogP contribution is -2.05. The van der Waals surface area contributed by atoms with Crippen molar-refractivity contribution < 1.29 is 19.0 Å². The zero-order chi connectivity index (χ0) is 25.2. The highest BCUT2D eigenvalue weighted by atomic mass is 16.5. The van der Waals surface area contributed by atoms with Gasteiger partial charge in [-0.25, -0.2) is 9.78 Å². The summed E-state index contributed by atoms with van der Waals surface area (Å²) in [5, 5.41) is 1.12. The number of benzene rings is 2. The van der Waals surface area contributed by atoms with Gasteiger partial charge < -0.3 is 23.2 Å². The molecule has 36 heavy (non-hydrogen) atoms. The molecule has 7 heteroatoms. The zero-order valence-electron chi connectivity index (χ0n) is 20.9. The first-order valence-electron chi connectivity index (χ1n) is 11.9. The largest absolute Gasteiger partial charge is 0.497 e. The van der Waals surface area contributed by atoms with E-state index < -0.39 is 0 Å². The fourth-order valence-electron chi connectivity index (χ4n) is 4.63. The van der Waals surface area contributed by atoms with Crippen molar-refractivity contribution in [2.45, 2.75) is 27.0 Å². The second-order valence-corrected chi connectivity index (χ2v) is 8.70. The van der Waals surface area contributed by atoms with E-state index in [-0.39, 0.29) is 5.97 Å². The van der Waals surface area contributed by atoms with Crippen LogP contribution in [0.4, 0.5) is 0 Å². The summed E-state index contributed by atoms with van der Waals surface area (Å²) in [4.78, 5) is 17.2. The van der Waals surface area contributed by atoms with E-state index in [1.54, 1.807) is 33.3 Å². The number of rotatable bonds is 8. The lowest BCUT2D eigenvalue weighted by Gasteiger charge is -2.12. The third-order valence-electron chi connectivity index (χ3n) is 6.37. The average Bonchev–Trinajstić information content (AvgIpc) is 3.41. The lowest BCUT2D eigenvalue weighted by molar-refractivity contribution is 0.0526. The van der Waals surface area contributed by atoms with Crippen LogP contribution in [0.1, 0.15) is 34.1 Å². The van der Waals surface area contributed by atoms with Crippen molar-refractivity contribution in [2.75, 3.05) is 20.8 Å². The van der Waals surface area contributed by atoms with Gasteiger partial charge in [0.1, 0.15) is 17.1 Å². The third-order valence-corrected chi connectivity index (χ3v) is 6.37. The molecule has 0 N–H and O–H groups in total. The average molecular weight is 484 g/mol. The normalized spacial score (nSPS) is 11.3. The van der Waals surface area contributed by atoms with Crippen LogP contribution < -0.4 is 4.74 Å². The molecule has 0 amide bonds. The third kappa shape index (κ3) is 4.33. The first-order valence-corrected chi connectivity index (χ1v) is 11.9. The minimum Gasteiger partial charge on any atom is -0.497 e. The highest BCUT2D eigenvalue weighted by Crippen LogP contribution is 2.32. The van der Waals surface area contributed by atoms with Crippen molar-refractivity contribution in [3.63, 3.8) is 0 Å². The molecule has 0 saturated heterocycles. The van der Waals surface area contributed by atoms with E-state index >= 15 is 0 Å². The maximum Gasteiger partial charge on any atom is 0.338 e. The second kappa shape index (κ2) is 9.87. The Bertz CT molecular complexity index is 1560. The minimum absolute atomic E-state index is 0.332. The molecule has 0 aliphatic heterocycles. The van der Waals surface area contributed by atoms with E-state index in [1.165, 1.54) is 0 Å². The number of aromatic nitrogens is 3. The first kappa shape index (κ1) is 23.6. The van der Waals surface area contributed by atoms with E-state index in [0.717, 1.165) is 44.9 Å². The number of aryl methyl sites for hydroxylation is 1. The van der Waals surface area contributed by atoms with E-state index in [4.69, 9.17) is 19.2 Å². The number of hydrogen-bond acceptors (Lipinski definition) is 5. The number of carbonyl (C=O) groups excluding carboxylic acids is 1. The number of methoxy groups -OCH3 is 2. The first-order chi connectivity index (χ1) is 17.5. The van der Waals surface area contributed by atoms with Crippen molar-refractivity contribution in [1.29, 1.82) is 0 Å². The molecule has 184 valence electrons. The molecule has 3 aromatic heterocycles. The Kier molecular flexibility index (Phi) is 6.48.